The summed E-state index contributed by atoms with van der Waals surface area (Å²) in [4.78, 5) is 36.1. The van der Waals surface area contributed by atoms with E-state index in [0.29, 0.717) is 31.1 Å². The predicted molar refractivity (Wildman–Crippen MR) is 99.8 cm³/mol. The van der Waals surface area contributed by atoms with Crippen molar-refractivity contribution < 1.29 is 4.79 Å². The van der Waals surface area contributed by atoms with Gasteiger partial charge in [0.05, 0.1) is 11.3 Å². The number of amides is 1. The molecule has 0 N–H and O–H groups in total. The number of hydrogen-bond donors (Lipinski definition) is 0. The fraction of sp³-hybridized carbons (Fsp3) is 0.632. The summed E-state index contributed by atoms with van der Waals surface area (Å²) >= 11 is 0. The van der Waals surface area contributed by atoms with Gasteiger partial charge in [-0.15, -0.1) is 0 Å². The molecular formula is C19H26N6O2. The van der Waals surface area contributed by atoms with Gasteiger partial charge in [0.2, 0.25) is 0 Å². The second kappa shape index (κ2) is 6.90. The first-order chi connectivity index (χ1) is 13.0. The monoisotopic (exact) mass is 370 g/mol. The highest BCUT2D eigenvalue weighted by atomic mass is 16.2. The third kappa shape index (κ3) is 3.28. The van der Waals surface area contributed by atoms with Gasteiger partial charge in [0.25, 0.3) is 5.91 Å². The zero-order chi connectivity index (χ0) is 19.1. The van der Waals surface area contributed by atoms with Crippen molar-refractivity contribution >= 4 is 5.91 Å². The third-order valence-corrected chi connectivity index (χ3v) is 5.60. The van der Waals surface area contributed by atoms with Crippen LogP contribution < -0.4 is 5.69 Å². The fourth-order valence-corrected chi connectivity index (χ4v) is 3.90. The summed E-state index contributed by atoms with van der Waals surface area (Å²) in [5.41, 5.74) is 1.23. The number of carbonyl (C=O) groups excluding carboxylic acids is 1. The van der Waals surface area contributed by atoms with Crippen molar-refractivity contribution in [2.75, 3.05) is 13.1 Å². The van der Waals surface area contributed by atoms with Crippen molar-refractivity contribution in [1.29, 1.82) is 0 Å². The number of carbonyl (C=O) groups is 1. The largest absolute Gasteiger partial charge is 0.345 e. The zero-order valence-corrected chi connectivity index (χ0v) is 16.2. The number of likely N-dealkylation sites (tertiary alicyclic amines) is 1. The number of nitrogens with zero attached hydrogens (tertiary/aromatic N) is 6. The summed E-state index contributed by atoms with van der Waals surface area (Å²) in [6.07, 6.45) is 5.79. The Morgan fingerprint density at radius 1 is 1.26 bits per heavy atom. The molecule has 1 amide bonds. The summed E-state index contributed by atoms with van der Waals surface area (Å²) in [5.74, 6) is 2.16. The van der Waals surface area contributed by atoms with Crippen molar-refractivity contribution in [3.05, 3.63) is 39.6 Å². The van der Waals surface area contributed by atoms with Crippen LogP contribution in [-0.4, -0.2) is 48.2 Å². The lowest BCUT2D eigenvalue weighted by Gasteiger charge is -2.32. The van der Waals surface area contributed by atoms with Crippen molar-refractivity contribution in [3.63, 3.8) is 0 Å². The van der Waals surface area contributed by atoms with Crippen LogP contribution in [0.25, 0.3) is 0 Å². The van der Waals surface area contributed by atoms with E-state index in [9.17, 15) is 9.59 Å². The molecule has 0 radical (unpaired) electrons. The first kappa shape index (κ1) is 17.9. The maximum atomic E-state index is 13.1. The predicted octanol–water partition coefficient (Wildman–Crippen LogP) is 1.60. The van der Waals surface area contributed by atoms with E-state index < -0.39 is 0 Å². The Kier molecular flexibility index (Phi) is 4.57. The molecule has 0 aromatic carbocycles. The second-order valence-electron chi connectivity index (χ2n) is 7.60. The molecule has 2 aliphatic rings. The van der Waals surface area contributed by atoms with E-state index in [1.54, 1.807) is 17.8 Å². The molecular weight excluding hydrogens is 344 g/mol. The molecule has 0 unspecified atom stereocenters. The first-order valence-corrected chi connectivity index (χ1v) is 9.76. The molecule has 27 heavy (non-hydrogen) atoms. The molecule has 1 aliphatic heterocycles. The van der Waals surface area contributed by atoms with Gasteiger partial charge in [-0.3, -0.25) is 9.36 Å². The Balaban J connectivity index is 1.55. The molecule has 1 saturated carbocycles. The van der Waals surface area contributed by atoms with E-state index in [0.717, 1.165) is 43.0 Å². The van der Waals surface area contributed by atoms with Crippen LogP contribution in [0, 0.1) is 6.92 Å². The minimum atomic E-state index is -0.101. The van der Waals surface area contributed by atoms with Crippen LogP contribution in [0.2, 0.25) is 0 Å². The fourth-order valence-electron chi connectivity index (χ4n) is 3.90. The second-order valence-corrected chi connectivity index (χ2v) is 7.60. The molecule has 0 spiro atoms. The third-order valence-electron chi connectivity index (χ3n) is 5.60. The van der Waals surface area contributed by atoms with E-state index >= 15 is 0 Å². The van der Waals surface area contributed by atoms with Crippen LogP contribution >= 0.6 is 0 Å². The average Bonchev–Trinajstić information content (AvgIpc) is 3.48. The van der Waals surface area contributed by atoms with E-state index in [1.807, 2.05) is 18.7 Å². The number of piperidine rings is 1. The van der Waals surface area contributed by atoms with Gasteiger partial charge >= 0.3 is 5.69 Å². The van der Waals surface area contributed by atoms with Crippen LogP contribution in [0.4, 0.5) is 0 Å². The van der Waals surface area contributed by atoms with Crippen molar-refractivity contribution in [2.45, 2.75) is 57.9 Å². The summed E-state index contributed by atoms with van der Waals surface area (Å²) in [5, 5.41) is 4.43. The van der Waals surface area contributed by atoms with Crippen LogP contribution in [0.3, 0.4) is 0 Å². The number of aryl methyl sites for hydroxylation is 2. The van der Waals surface area contributed by atoms with E-state index in [2.05, 4.69) is 15.1 Å². The lowest BCUT2D eigenvalue weighted by atomic mass is 9.96. The molecule has 1 atom stereocenters. The Hall–Kier alpha value is -2.51. The van der Waals surface area contributed by atoms with Crippen molar-refractivity contribution in [1.82, 2.24) is 29.2 Å². The van der Waals surface area contributed by atoms with Gasteiger partial charge in [-0.25, -0.2) is 19.4 Å². The topological polar surface area (TPSA) is 85.9 Å². The minimum absolute atomic E-state index is 0.0270. The molecule has 8 nitrogen and oxygen atoms in total. The molecule has 3 heterocycles. The van der Waals surface area contributed by atoms with Crippen molar-refractivity contribution in [3.8, 4) is 0 Å². The van der Waals surface area contributed by atoms with E-state index in [4.69, 9.17) is 0 Å². The Morgan fingerprint density at radius 3 is 2.70 bits per heavy atom. The number of aromatic nitrogens is 5. The lowest BCUT2D eigenvalue weighted by molar-refractivity contribution is 0.0701. The highest BCUT2D eigenvalue weighted by molar-refractivity contribution is 5.95. The molecule has 2 aromatic heterocycles. The van der Waals surface area contributed by atoms with Crippen LogP contribution in [0.5, 0.6) is 0 Å². The molecule has 144 valence electrons. The lowest BCUT2D eigenvalue weighted by Crippen LogP contribution is -2.40. The summed E-state index contributed by atoms with van der Waals surface area (Å²) in [6.45, 7) is 5.69. The minimum Gasteiger partial charge on any atom is -0.338 e. The Labute approximate surface area is 158 Å². The van der Waals surface area contributed by atoms with Crippen LogP contribution in [0.15, 0.2) is 11.0 Å². The Morgan fingerprint density at radius 2 is 2.04 bits per heavy atom. The first-order valence-electron chi connectivity index (χ1n) is 9.76. The van der Waals surface area contributed by atoms with Gasteiger partial charge in [0, 0.05) is 44.7 Å². The smallest absolute Gasteiger partial charge is 0.338 e. The maximum Gasteiger partial charge on any atom is 0.345 e. The average molecular weight is 370 g/mol. The van der Waals surface area contributed by atoms with Gasteiger partial charge in [0.1, 0.15) is 11.6 Å². The van der Waals surface area contributed by atoms with Gasteiger partial charge in [-0.2, -0.15) is 5.10 Å². The molecule has 0 bridgehead atoms. The van der Waals surface area contributed by atoms with Crippen molar-refractivity contribution in [2.24, 2.45) is 7.05 Å². The van der Waals surface area contributed by atoms with Gasteiger partial charge in [-0.1, -0.05) is 0 Å². The quantitative estimate of drug-likeness (QED) is 0.816. The van der Waals surface area contributed by atoms with Gasteiger partial charge < -0.3 is 4.90 Å². The van der Waals surface area contributed by atoms with E-state index in [1.165, 1.54) is 4.68 Å². The summed E-state index contributed by atoms with van der Waals surface area (Å²) in [6, 6.07) is 0. The SMILES string of the molecule is CCn1c([C@@H]2CCCN(C(=O)c3cnc(C4CC4)nc3C)C2)nn(C)c1=O. The molecule has 4 rings (SSSR count). The van der Waals surface area contributed by atoms with Gasteiger partial charge in [0.15, 0.2) is 0 Å². The van der Waals surface area contributed by atoms with E-state index in [-0.39, 0.29) is 17.5 Å². The van der Waals surface area contributed by atoms with Crippen LogP contribution in [-0.2, 0) is 13.6 Å². The molecule has 8 heteroatoms. The highest BCUT2D eigenvalue weighted by Crippen LogP contribution is 2.38. The summed E-state index contributed by atoms with van der Waals surface area (Å²) in [7, 11) is 1.67. The molecule has 1 saturated heterocycles. The molecule has 1 aliphatic carbocycles. The molecule has 2 fully saturated rings. The number of hydrogen-bond acceptors (Lipinski definition) is 5. The number of rotatable bonds is 4. The maximum absolute atomic E-state index is 13.1. The Bertz CT molecular complexity index is 927. The normalized spacial score (nSPS) is 20.1. The van der Waals surface area contributed by atoms with Gasteiger partial charge in [-0.05, 0) is 39.5 Å². The summed E-state index contributed by atoms with van der Waals surface area (Å²) < 4.78 is 3.09. The zero-order valence-electron chi connectivity index (χ0n) is 16.2. The molecule has 2 aromatic rings. The standard InChI is InChI=1S/C19H26N6O2/c1-4-25-17(22-23(3)19(25)27)14-6-5-9-24(11-14)18(26)15-10-20-16(13-7-8-13)21-12(15)2/h10,13-14H,4-9,11H2,1-3H3/t14-/m1/s1. The highest BCUT2D eigenvalue weighted by Gasteiger charge is 2.31. The van der Waals surface area contributed by atoms with Crippen LogP contribution in [0.1, 0.15) is 72.1 Å².